The molecule has 0 atom stereocenters. The number of phenolic OH excluding ortho intramolecular Hbond substituents is 1. The molecular weight excluding hydrogens is 430 g/mol. The zero-order chi connectivity index (χ0) is 22.9. The predicted molar refractivity (Wildman–Crippen MR) is 126 cm³/mol. The van der Waals surface area contributed by atoms with Gasteiger partial charge in [-0.25, -0.2) is 4.79 Å². The summed E-state index contributed by atoms with van der Waals surface area (Å²) in [4.78, 5) is 20.4. The van der Waals surface area contributed by atoms with Crippen LogP contribution in [0.15, 0.2) is 53.3 Å². The van der Waals surface area contributed by atoms with Gasteiger partial charge >= 0.3 is 5.69 Å². The fourth-order valence-corrected chi connectivity index (χ4v) is 3.52. The normalized spacial score (nSPS) is 13.8. The van der Waals surface area contributed by atoms with E-state index < -0.39 is 5.69 Å². The number of rotatable bonds is 6. The molecule has 0 aliphatic carbocycles. The van der Waals surface area contributed by atoms with Gasteiger partial charge in [-0.15, -0.1) is 0 Å². The van der Waals surface area contributed by atoms with Crippen molar-refractivity contribution in [3.63, 3.8) is 0 Å². The first-order chi connectivity index (χ1) is 15.6. The van der Waals surface area contributed by atoms with E-state index in [2.05, 4.69) is 9.97 Å². The number of H-pyrrole nitrogens is 1. The quantitative estimate of drug-likeness (QED) is 0.528. The van der Waals surface area contributed by atoms with Gasteiger partial charge in [0, 0.05) is 10.6 Å². The third-order valence-corrected chi connectivity index (χ3v) is 5.32. The Morgan fingerprint density at radius 1 is 1.09 bits per heavy atom. The van der Waals surface area contributed by atoms with Crippen LogP contribution in [-0.4, -0.2) is 54.5 Å². The minimum Gasteiger partial charge on any atom is -0.504 e. The van der Waals surface area contributed by atoms with Crippen molar-refractivity contribution in [2.75, 3.05) is 39.5 Å². The molecule has 3 aromatic rings. The van der Waals surface area contributed by atoms with Crippen molar-refractivity contribution < 1.29 is 19.5 Å². The summed E-state index contributed by atoms with van der Waals surface area (Å²) in [5.41, 5.74) is 2.18. The molecule has 1 aliphatic heterocycles. The average molecular weight is 459 g/mol. The van der Waals surface area contributed by atoms with Crippen LogP contribution >= 0.6 is 11.6 Å². The van der Waals surface area contributed by atoms with Crippen LogP contribution in [0.5, 0.6) is 11.5 Å². The molecule has 4 rings (SSSR count). The molecule has 32 heavy (non-hydrogen) atoms. The van der Waals surface area contributed by atoms with Crippen molar-refractivity contribution >= 4 is 11.6 Å². The number of ether oxygens (including phenoxy) is 2. The highest BCUT2D eigenvalue weighted by molar-refractivity contribution is 6.30. The minimum absolute atomic E-state index is 0.0542. The molecule has 1 fully saturated rings. The van der Waals surface area contributed by atoms with Crippen molar-refractivity contribution in [2.45, 2.75) is 13.8 Å². The van der Waals surface area contributed by atoms with Crippen LogP contribution < -0.4 is 15.3 Å². The maximum Gasteiger partial charge on any atom is 0.345 e. The van der Waals surface area contributed by atoms with Gasteiger partial charge in [-0.05, 0) is 42.0 Å². The molecule has 2 heterocycles. The SMILES string of the molecule is CC.O=c1nc(-c2ccc(O)c(OCC[NH+]3CCOCC3)c2)cc(-c2ccc(Cl)cc2)[nH]1. The Balaban J connectivity index is 0.00000141. The summed E-state index contributed by atoms with van der Waals surface area (Å²) >= 11 is 5.95. The standard InChI is InChI=1S/C22H22ClN3O4.C2H6/c23-17-4-1-15(2-5-17)18-14-19(25-22(28)24-18)16-3-6-20(27)21(13-16)30-12-9-26-7-10-29-11-8-26;1-2/h1-6,13-14,27H,7-12H2,(H,24,25,28);1-2H3/p+1. The lowest BCUT2D eigenvalue weighted by atomic mass is 10.1. The van der Waals surface area contributed by atoms with E-state index in [1.54, 1.807) is 36.4 Å². The number of aromatic hydroxyl groups is 1. The van der Waals surface area contributed by atoms with Crippen LogP contribution in [0, 0.1) is 0 Å². The van der Waals surface area contributed by atoms with E-state index in [1.165, 1.54) is 4.90 Å². The number of nitrogens with one attached hydrogen (secondary N) is 2. The van der Waals surface area contributed by atoms with Crippen LogP contribution in [0.4, 0.5) is 0 Å². The maximum absolute atomic E-state index is 12.1. The van der Waals surface area contributed by atoms with Crippen molar-refractivity contribution in [2.24, 2.45) is 0 Å². The largest absolute Gasteiger partial charge is 0.504 e. The van der Waals surface area contributed by atoms with Gasteiger partial charge in [0.05, 0.1) is 24.6 Å². The van der Waals surface area contributed by atoms with E-state index in [9.17, 15) is 9.90 Å². The molecule has 0 radical (unpaired) electrons. The van der Waals surface area contributed by atoms with Gasteiger partial charge in [-0.2, -0.15) is 4.98 Å². The van der Waals surface area contributed by atoms with E-state index in [0.29, 0.717) is 34.3 Å². The van der Waals surface area contributed by atoms with Crippen molar-refractivity contribution in [3.05, 3.63) is 64.0 Å². The number of morpholine rings is 1. The summed E-state index contributed by atoms with van der Waals surface area (Å²) in [7, 11) is 0. The fraction of sp³-hybridized carbons (Fsp3) is 0.333. The molecule has 0 saturated carbocycles. The third-order valence-electron chi connectivity index (χ3n) is 5.07. The zero-order valence-corrected chi connectivity index (χ0v) is 19.1. The zero-order valence-electron chi connectivity index (χ0n) is 18.4. The van der Waals surface area contributed by atoms with Crippen molar-refractivity contribution in [1.82, 2.24) is 9.97 Å². The van der Waals surface area contributed by atoms with Crippen LogP contribution in [0.1, 0.15) is 13.8 Å². The molecule has 0 bridgehead atoms. The van der Waals surface area contributed by atoms with Crippen LogP contribution in [0.3, 0.4) is 0 Å². The molecule has 8 heteroatoms. The first kappa shape index (κ1) is 23.8. The number of aromatic nitrogens is 2. The van der Waals surface area contributed by atoms with E-state index in [4.69, 9.17) is 21.1 Å². The van der Waals surface area contributed by atoms with Gasteiger partial charge < -0.3 is 24.5 Å². The van der Waals surface area contributed by atoms with Gasteiger partial charge in [0.2, 0.25) is 0 Å². The van der Waals surface area contributed by atoms with Gasteiger partial charge in [0.1, 0.15) is 26.2 Å². The van der Waals surface area contributed by atoms with Crippen LogP contribution in [0.2, 0.25) is 5.02 Å². The molecule has 1 aliphatic rings. The lowest BCUT2D eigenvalue weighted by molar-refractivity contribution is -0.908. The monoisotopic (exact) mass is 458 g/mol. The highest BCUT2D eigenvalue weighted by Gasteiger charge is 2.15. The summed E-state index contributed by atoms with van der Waals surface area (Å²) in [5.74, 6) is 0.425. The van der Waals surface area contributed by atoms with Crippen molar-refractivity contribution in [3.8, 4) is 34.0 Å². The Hall–Kier alpha value is -2.87. The molecular formula is C24H29ClN3O4+. The Morgan fingerprint density at radius 2 is 1.78 bits per heavy atom. The number of phenols is 1. The molecule has 7 nitrogen and oxygen atoms in total. The molecule has 0 spiro atoms. The summed E-state index contributed by atoms with van der Waals surface area (Å²) in [5, 5.41) is 10.8. The van der Waals surface area contributed by atoms with Gasteiger partial charge in [0.25, 0.3) is 0 Å². The van der Waals surface area contributed by atoms with Gasteiger partial charge in [-0.3, -0.25) is 0 Å². The van der Waals surface area contributed by atoms with Crippen LogP contribution in [0.25, 0.3) is 22.5 Å². The molecule has 0 amide bonds. The number of nitrogens with zero attached hydrogens (tertiary/aromatic N) is 1. The summed E-state index contributed by atoms with van der Waals surface area (Å²) in [6.45, 7) is 8.75. The number of aromatic amines is 1. The number of benzene rings is 2. The second kappa shape index (κ2) is 11.7. The number of hydrogen-bond acceptors (Lipinski definition) is 5. The lowest BCUT2D eigenvalue weighted by Gasteiger charge is -2.23. The number of halogens is 1. The molecule has 1 aromatic heterocycles. The topological polar surface area (TPSA) is 88.9 Å². The van der Waals surface area contributed by atoms with E-state index in [1.807, 2.05) is 26.0 Å². The highest BCUT2D eigenvalue weighted by atomic mass is 35.5. The maximum atomic E-state index is 12.1. The smallest absolute Gasteiger partial charge is 0.345 e. The molecule has 0 unspecified atom stereocenters. The van der Waals surface area contributed by atoms with Crippen molar-refractivity contribution in [1.29, 1.82) is 0 Å². The molecule has 170 valence electrons. The first-order valence-corrected chi connectivity index (χ1v) is 11.2. The number of hydrogen-bond donors (Lipinski definition) is 3. The molecule has 3 N–H and O–H groups in total. The molecule has 2 aromatic carbocycles. The van der Waals surface area contributed by atoms with Crippen LogP contribution in [-0.2, 0) is 4.74 Å². The molecule has 1 saturated heterocycles. The van der Waals surface area contributed by atoms with Gasteiger partial charge in [0.15, 0.2) is 11.5 Å². The minimum atomic E-state index is -0.455. The van der Waals surface area contributed by atoms with E-state index in [0.717, 1.165) is 38.4 Å². The summed E-state index contributed by atoms with van der Waals surface area (Å²) < 4.78 is 11.2. The predicted octanol–water partition coefficient (Wildman–Crippen LogP) is 2.78. The average Bonchev–Trinajstić information content (AvgIpc) is 2.82. The van der Waals surface area contributed by atoms with E-state index in [-0.39, 0.29) is 5.75 Å². The Bertz CT molecular complexity index is 1060. The van der Waals surface area contributed by atoms with E-state index >= 15 is 0 Å². The second-order valence-corrected chi connectivity index (χ2v) is 7.57. The fourth-order valence-electron chi connectivity index (χ4n) is 3.39. The summed E-state index contributed by atoms with van der Waals surface area (Å²) in [6.07, 6.45) is 0. The summed E-state index contributed by atoms with van der Waals surface area (Å²) in [6, 6.07) is 13.9. The number of quaternary nitrogens is 1. The third kappa shape index (κ3) is 6.32. The highest BCUT2D eigenvalue weighted by Crippen LogP contribution is 2.31. The Morgan fingerprint density at radius 3 is 2.50 bits per heavy atom. The van der Waals surface area contributed by atoms with Gasteiger partial charge in [-0.1, -0.05) is 37.6 Å². The first-order valence-electron chi connectivity index (χ1n) is 10.8. The second-order valence-electron chi connectivity index (χ2n) is 7.14. The Kier molecular flexibility index (Phi) is 8.67. The Labute approximate surface area is 192 Å². The lowest BCUT2D eigenvalue weighted by Crippen LogP contribution is -3.14.